The second-order valence-electron chi connectivity index (χ2n) is 8.24. The topological polar surface area (TPSA) is 17.1 Å². The third kappa shape index (κ3) is 6.33. The van der Waals surface area contributed by atoms with E-state index in [1.165, 1.54) is 24.0 Å². The van der Waals surface area contributed by atoms with Crippen molar-refractivity contribution >= 4 is 6.29 Å². The van der Waals surface area contributed by atoms with Crippen molar-refractivity contribution in [1.82, 2.24) is 0 Å². The van der Waals surface area contributed by atoms with Crippen LogP contribution in [0.3, 0.4) is 0 Å². The van der Waals surface area contributed by atoms with Crippen LogP contribution in [-0.4, -0.2) is 6.29 Å². The lowest BCUT2D eigenvalue weighted by Gasteiger charge is -2.31. The molecule has 0 aliphatic rings. The summed E-state index contributed by atoms with van der Waals surface area (Å²) in [4.78, 5) is 11.1. The summed E-state index contributed by atoms with van der Waals surface area (Å²) in [5.74, 6) is 0.357. The molecule has 1 aromatic rings. The maximum Gasteiger partial charge on any atom is 0.120 e. The lowest BCUT2D eigenvalue weighted by Crippen LogP contribution is -2.19. The first kappa shape index (κ1) is 19.7. The summed E-state index contributed by atoms with van der Waals surface area (Å²) in [7, 11) is 0. The van der Waals surface area contributed by atoms with Gasteiger partial charge in [-0.1, -0.05) is 89.4 Å². The normalized spacial score (nSPS) is 16.3. The molecule has 0 unspecified atom stereocenters. The molecule has 0 fully saturated rings. The molecule has 23 heavy (non-hydrogen) atoms. The molecule has 0 aliphatic carbocycles. The molecule has 0 saturated heterocycles. The van der Waals surface area contributed by atoms with Gasteiger partial charge in [-0.2, -0.15) is 0 Å². The highest BCUT2D eigenvalue weighted by atomic mass is 16.1. The highest BCUT2D eigenvalue weighted by molar-refractivity contribution is 5.51. The van der Waals surface area contributed by atoms with E-state index in [1.54, 1.807) is 0 Å². The largest absolute Gasteiger partial charge is 0.303 e. The fraction of sp³-hybridized carbons (Fsp3) is 0.591. The molecule has 0 radical (unpaired) electrons. The van der Waals surface area contributed by atoms with Gasteiger partial charge < -0.3 is 4.79 Å². The Labute approximate surface area is 143 Å². The Hall–Kier alpha value is -1.37. The molecule has 1 nitrogen and oxygen atoms in total. The lowest BCUT2D eigenvalue weighted by molar-refractivity contribution is -0.109. The van der Waals surface area contributed by atoms with E-state index in [1.807, 2.05) is 0 Å². The number of carbonyl (C=O) groups excluding carboxylic acids is 1. The Kier molecular flexibility index (Phi) is 7.25. The van der Waals surface area contributed by atoms with Crippen LogP contribution in [0.4, 0.5) is 0 Å². The predicted molar refractivity (Wildman–Crippen MR) is 101 cm³/mol. The van der Waals surface area contributed by atoms with Crippen LogP contribution in [0.15, 0.2) is 36.4 Å². The molecule has 0 saturated carbocycles. The van der Waals surface area contributed by atoms with Gasteiger partial charge in [-0.15, -0.1) is 0 Å². The summed E-state index contributed by atoms with van der Waals surface area (Å²) in [6, 6.07) is 8.84. The smallest absolute Gasteiger partial charge is 0.120 e. The van der Waals surface area contributed by atoms with Crippen LogP contribution in [0.5, 0.6) is 0 Å². The van der Waals surface area contributed by atoms with Gasteiger partial charge in [-0.3, -0.25) is 0 Å². The summed E-state index contributed by atoms with van der Waals surface area (Å²) in [5.41, 5.74) is 2.77. The molecule has 1 rings (SSSR count). The van der Waals surface area contributed by atoms with Crippen molar-refractivity contribution in [2.75, 3.05) is 0 Å². The van der Waals surface area contributed by atoms with Gasteiger partial charge in [0.1, 0.15) is 6.29 Å². The van der Waals surface area contributed by atoms with Crippen molar-refractivity contribution in [3.8, 4) is 0 Å². The molecule has 0 N–H and O–H groups in total. The fourth-order valence-electron chi connectivity index (χ4n) is 3.03. The van der Waals surface area contributed by atoms with Crippen LogP contribution < -0.4 is 0 Å². The molecule has 128 valence electrons. The van der Waals surface area contributed by atoms with Gasteiger partial charge in [0.15, 0.2) is 0 Å². The average molecular weight is 315 g/mol. The number of allylic oxidation sites excluding steroid dienone is 2. The van der Waals surface area contributed by atoms with E-state index >= 15 is 0 Å². The Morgan fingerprint density at radius 2 is 1.70 bits per heavy atom. The average Bonchev–Trinajstić information content (AvgIpc) is 2.46. The molecular formula is C22H34O. The van der Waals surface area contributed by atoms with Crippen LogP contribution in [0.1, 0.15) is 77.3 Å². The Morgan fingerprint density at radius 3 is 2.17 bits per heavy atom. The molecule has 0 aromatic heterocycles. The van der Waals surface area contributed by atoms with Crippen molar-refractivity contribution in [3.05, 3.63) is 47.5 Å². The summed E-state index contributed by atoms with van der Waals surface area (Å²) in [6.45, 7) is 13.4. The van der Waals surface area contributed by atoms with Gasteiger partial charge in [0, 0.05) is 12.3 Å². The number of benzene rings is 1. The molecule has 1 aromatic carbocycles. The predicted octanol–water partition coefficient (Wildman–Crippen LogP) is 6.47. The van der Waals surface area contributed by atoms with Crippen molar-refractivity contribution < 1.29 is 4.79 Å². The molecule has 0 heterocycles. The van der Waals surface area contributed by atoms with Crippen molar-refractivity contribution in [2.45, 2.75) is 73.1 Å². The van der Waals surface area contributed by atoms with E-state index in [0.717, 1.165) is 12.7 Å². The van der Waals surface area contributed by atoms with Crippen LogP contribution >= 0.6 is 0 Å². The summed E-state index contributed by atoms with van der Waals surface area (Å²) < 4.78 is 0. The zero-order valence-corrected chi connectivity index (χ0v) is 15.9. The lowest BCUT2D eigenvalue weighted by atomic mass is 9.74. The molecule has 0 spiro atoms. The summed E-state index contributed by atoms with van der Waals surface area (Å²) >= 11 is 0. The zero-order valence-electron chi connectivity index (χ0n) is 15.9. The molecular weight excluding hydrogens is 280 g/mol. The highest BCUT2D eigenvalue weighted by Gasteiger charge is 2.26. The van der Waals surface area contributed by atoms with Gasteiger partial charge in [-0.05, 0) is 29.7 Å². The standard InChI is InChI=1S/C22H34O/c1-7-8-14-22(6,16-17-23)15-13-20(21(3,4)5)19-11-9-18(2)10-12-19/h9-13,15,17,20H,7-8,14,16H2,1-6H3/b15-13+/t20-,22-/m0/s1. The van der Waals surface area contributed by atoms with Crippen LogP contribution in [0, 0.1) is 17.8 Å². The molecule has 2 atom stereocenters. The van der Waals surface area contributed by atoms with E-state index < -0.39 is 0 Å². The molecule has 1 heteroatoms. The summed E-state index contributed by atoms with van der Waals surface area (Å²) in [5, 5.41) is 0. The maximum absolute atomic E-state index is 11.1. The number of aldehydes is 1. The minimum atomic E-state index is -0.0219. The highest BCUT2D eigenvalue weighted by Crippen LogP contribution is 2.38. The third-order valence-electron chi connectivity index (χ3n) is 4.71. The number of rotatable bonds is 8. The third-order valence-corrected chi connectivity index (χ3v) is 4.71. The van der Waals surface area contributed by atoms with E-state index in [4.69, 9.17) is 0 Å². The number of carbonyl (C=O) groups is 1. The molecule has 0 bridgehead atoms. The van der Waals surface area contributed by atoms with Gasteiger partial charge in [0.05, 0.1) is 0 Å². The van der Waals surface area contributed by atoms with Gasteiger partial charge >= 0.3 is 0 Å². The van der Waals surface area contributed by atoms with E-state index in [-0.39, 0.29) is 10.8 Å². The first-order chi connectivity index (χ1) is 10.7. The monoisotopic (exact) mass is 314 g/mol. The minimum absolute atomic E-state index is 0.0219. The SMILES string of the molecule is CCCC[C@@](C)(/C=C/[C@@H](c1ccc(C)cc1)C(C)(C)C)CC=O. The van der Waals surface area contributed by atoms with Gasteiger partial charge in [0.2, 0.25) is 0 Å². The molecule has 0 aliphatic heterocycles. The van der Waals surface area contributed by atoms with Gasteiger partial charge in [-0.25, -0.2) is 0 Å². The number of aryl methyl sites for hydroxylation is 1. The van der Waals surface area contributed by atoms with E-state index in [2.05, 4.69) is 78.0 Å². The van der Waals surface area contributed by atoms with E-state index in [9.17, 15) is 4.79 Å². The minimum Gasteiger partial charge on any atom is -0.303 e. The van der Waals surface area contributed by atoms with E-state index in [0.29, 0.717) is 12.3 Å². The second kappa shape index (κ2) is 8.47. The van der Waals surface area contributed by atoms with Crippen molar-refractivity contribution in [2.24, 2.45) is 10.8 Å². The maximum atomic E-state index is 11.1. The van der Waals surface area contributed by atoms with Crippen molar-refractivity contribution in [1.29, 1.82) is 0 Å². The fourth-order valence-corrected chi connectivity index (χ4v) is 3.03. The number of unbranched alkanes of at least 4 members (excludes halogenated alkanes) is 1. The number of hydrogen-bond acceptors (Lipinski definition) is 1. The zero-order chi connectivity index (χ0) is 17.5. The number of hydrogen-bond donors (Lipinski definition) is 0. The first-order valence-electron chi connectivity index (χ1n) is 8.91. The summed E-state index contributed by atoms with van der Waals surface area (Å²) in [6.07, 6.45) is 9.72. The van der Waals surface area contributed by atoms with Crippen LogP contribution in [0.25, 0.3) is 0 Å². The van der Waals surface area contributed by atoms with Crippen LogP contribution in [-0.2, 0) is 4.79 Å². The molecule has 0 amide bonds. The Bertz CT molecular complexity index is 504. The first-order valence-corrected chi connectivity index (χ1v) is 8.91. The Balaban J connectivity index is 3.08. The Morgan fingerprint density at radius 1 is 1.09 bits per heavy atom. The van der Waals surface area contributed by atoms with Crippen LogP contribution in [0.2, 0.25) is 0 Å². The quantitative estimate of drug-likeness (QED) is 0.397. The van der Waals surface area contributed by atoms with Crippen molar-refractivity contribution in [3.63, 3.8) is 0 Å². The van der Waals surface area contributed by atoms with Gasteiger partial charge in [0.25, 0.3) is 0 Å². The second-order valence-corrected chi connectivity index (χ2v) is 8.24.